The topological polar surface area (TPSA) is 167 Å². The van der Waals surface area contributed by atoms with Crippen LogP contribution in [0, 0.1) is 0 Å². The molecule has 0 saturated carbocycles. The monoisotopic (exact) mass is 514 g/mol. The van der Waals surface area contributed by atoms with Crippen molar-refractivity contribution in [1.29, 1.82) is 0 Å². The van der Waals surface area contributed by atoms with Gasteiger partial charge in [-0.25, -0.2) is 4.98 Å². The Balaban J connectivity index is 1.38. The Bertz CT molecular complexity index is 1410. The summed E-state index contributed by atoms with van der Waals surface area (Å²) in [6, 6.07) is 4.55. The van der Waals surface area contributed by atoms with Crippen LogP contribution >= 0.6 is 23.1 Å². The number of thioether (sulfide) groups is 1. The first-order valence-electron chi connectivity index (χ1n) is 10.3. The summed E-state index contributed by atoms with van der Waals surface area (Å²) in [6.07, 6.45) is 3.32. The van der Waals surface area contributed by atoms with Crippen molar-refractivity contribution in [2.75, 3.05) is 18.6 Å². The van der Waals surface area contributed by atoms with E-state index in [9.17, 15) is 19.5 Å². The van der Waals surface area contributed by atoms with Crippen molar-refractivity contribution in [3.05, 3.63) is 53.0 Å². The lowest BCUT2D eigenvalue weighted by Crippen LogP contribution is -2.71. The summed E-state index contributed by atoms with van der Waals surface area (Å²) < 4.78 is 7.29. The number of nitrogen functional groups attached to an aromatic ring is 1. The second kappa shape index (κ2) is 9.03. The highest BCUT2D eigenvalue weighted by Crippen LogP contribution is 2.40. The second-order valence-electron chi connectivity index (χ2n) is 7.61. The molecule has 2 atom stereocenters. The van der Waals surface area contributed by atoms with Crippen molar-refractivity contribution in [2.24, 2.45) is 5.16 Å². The summed E-state index contributed by atoms with van der Waals surface area (Å²) in [7, 11) is 1.27. The summed E-state index contributed by atoms with van der Waals surface area (Å²) in [5.41, 5.74) is 6.58. The minimum absolute atomic E-state index is 0.146. The van der Waals surface area contributed by atoms with Crippen LogP contribution in [0.4, 0.5) is 5.13 Å². The predicted molar refractivity (Wildman–Crippen MR) is 124 cm³/mol. The molecule has 0 bridgehead atoms. The van der Waals surface area contributed by atoms with Crippen molar-refractivity contribution in [3.8, 4) is 0 Å². The minimum Gasteiger partial charge on any atom is -0.543 e. The number of thiazole rings is 1. The van der Waals surface area contributed by atoms with E-state index in [-0.39, 0.29) is 28.8 Å². The van der Waals surface area contributed by atoms with Gasteiger partial charge in [-0.2, -0.15) is 4.57 Å². The molecular formula is C21H18N6O6S2. The summed E-state index contributed by atoms with van der Waals surface area (Å²) in [5.74, 6) is -2.41. The number of nitrogens with one attached hydrogen (secondary N) is 1. The zero-order valence-corrected chi connectivity index (χ0v) is 19.8. The van der Waals surface area contributed by atoms with Crippen molar-refractivity contribution in [1.82, 2.24) is 15.2 Å². The van der Waals surface area contributed by atoms with E-state index >= 15 is 0 Å². The van der Waals surface area contributed by atoms with Crippen LogP contribution in [0.1, 0.15) is 5.69 Å². The third-order valence-electron chi connectivity index (χ3n) is 5.53. The van der Waals surface area contributed by atoms with E-state index in [0.717, 1.165) is 21.6 Å². The molecule has 3 N–H and O–H groups in total. The highest BCUT2D eigenvalue weighted by atomic mass is 32.2. The Hall–Kier alpha value is -3.91. The average Bonchev–Trinajstić information content (AvgIpc) is 3.49. The molecule has 180 valence electrons. The normalized spacial score (nSPS) is 20.0. The van der Waals surface area contributed by atoms with E-state index in [4.69, 9.17) is 15.0 Å². The fraction of sp³-hybridized carbons (Fsp3) is 0.238. The number of β-lactam (4-membered cyclic amide) rings is 1. The summed E-state index contributed by atoms with van der Waals surface area (Å²) in [4.78, 5) is 47.8. The van der Waals surface area contributed by atoms with Crippen molar-refractivity contribution < 1.29 is 33.3 Å². The number of furan rings is 1. The van der Waals surface area contributed by atoms with Gasteiger partial charge < -0.3 is 30.2 Å². The van der Waals surface area contributed by atoms with E-state index in [1.807, 2.05) is 12.1 Å². The van der Waals surface area contributed by atoms with Crippen LogP contribution in [0.2, 0.25) is 0 Å². The van der Waals surface area contributed by atoms with E-state index in [1.165, 1.54) is 24.3 Å². The van der Waals surface area contributed by atoms with E-state index < -0.39 is 29.2 Å². The maximum atomic E-state index is 13.0. The smallest absolute Gasteiger partial charge is 0.380 e. The number of anilines is 1. The third-order valence-corrected chi connectivity index (χ3v) is 7.54. The summed E-state index contributed by atoms with van der Waals surface area (Å²) in [6.45, 7) is 0.199. The lowest BCUT2D eigenvalue weighted by Gasteiger charge is -2.50. The number of aromatic nitrogens is 2. The Morgan fingerprint density at radius 3 is 3.00 bits per heavy atom. The Morgan fingerprint density at radius 1 is 1.46 bits per heavy atom. The number of fused-ring (bicyclic) bond motifs is 2. The lowest BCUT2D eigenvalue weighted by molar-refractivity contribution is -0.669. The van der Waals surface area contributed by atoms with Crippen LogP contribution in [-0.2, 0) is 25.8 Å². The molecule has 2 aliphatic rings. The van der Waals surface area contributed by atoms with E-state index in [0.29, 0.717) is 17.0 Å². The zero-order valence-electron chi connectivity index (χ0n) is 18.2. The minimum atomic E-state index is -1.46. The van der Waals surface area contributed by atoms with Gasteiger partial charge in [0.1, 0.15) is 24.2 Å². The molecule has 2 amide bonds. The first-order valence-corrected chi connectivity index (χ1v) is 12.2. The molecule has 3 aromatic heterocycles. The van der Waals surface area contributed by atoms with Crippen LogP contribution in [-0.4, -0.2) is 57.7 Å². The standard InChI is InChI=1S/C21H18N6O6S2/c1-32-25-13(12-9-35-21(22)23-12)16(28)24-14-17(29)27-15(20(30)31)11(8-34-19(14)27)7-26-5-2-3-10-4-6-33-18(10)26/h2-6,9,14,19H,7-8H2,1H3,(H3-,22,23,24,28,30,31)/t14?,19-/m1/s1. The van der Waals surface area contributed by atoms with Gasteiger partial charge in [-0.15, -0.1) is 23.1 Å². The van der Waals surface area contributed by atoms with Crippen molar-refractivity contribution in [2.45, 2.75) is 18.0 Å². The van der Waals surface area contributed by atoms with Crippen LogP contribution < -0.4 is 20.7 Å². The van der Waals surface area contributed by atoms with Gasteiger partial charge in [0.25, 0.3) is 11.8 Å². The molecule has 3 aromatic rings. The maximum absolute atomic E-state index is 13.0. The van der Waals surface area contributed by atoms with E-state index in [2.05, 4.69) is 15.5 Å². The third kappa shape index (κ3) is 4.00. The average molecular weight is 515 g/mol. The number of aliphatic carboxylic acids is 1. The molecule has 12 nitrogen and oxygen atoms in total. The number of carboxylic acid groups (broad SMARTS) is 1. The maximum Gasteiger partial charge on any atom is 0.380 e. The Labute approximate surface area is 206 Å². The van der Waals surface area contributed by atoms with Crippen molar-refractivity contribution in [3.63, 3.8) is 0 Å². The first kappa shape index (κ1) is 22.9. The molecule has 5 heterocycles. The first-order chi connectivity index (χ1) is 16.9. The zero-order chi connectivity index (χ0) is 24.7. The SMILES string of the molecule is CON=C(C(=O)NC1C(=O)N2C(C(=O)[O-])=C(C[n+]3cccc4ccoc43)CS[C@H]12)c1csc(N)n1. The number of nitrogens with zero attached hydrogens (tertiary/aromatic N) is 4. The number of pyridine rings is 1. The molecule has 0 spiro atoms. The molecule has 14 heteroatoms. The number of nitrogens with two attached hydrogens (primary N) is 1. The second-order valence-corrected chi connectivity index (χ2v) is 9.61. The fourth-order valence-electron chi connectivity index (χ4n) is 4.01. The predicted octanol–water partition coefficient (Wildman–Crippen LogP) is -0.786. The molecule has 2 aliphatic heterocycles. The van der Waals surface area contributed by atoms with Crippen LogP contribution in [0.25, 0.3) is 11.1 Å². The lowest BCUT2D eigenvalue weighted by atomic mass is 10.0. The molecule has 0 radical (unpaired) electrons. The van der Waals surface area contributed by atoms with Gasteiger partial charge in [-0.1, -0.05) is 5.16 Å². The molecule has 35 heavy (non-hydrogen) atoms. The molecule has 1 saturated heterocycles. The molecule has 0 aromatic carbocycles. The number of carboxylic acids is 1. The van der Waals surface area contributed by atoms with Gasteiger partial charge >= 0.3 is 5.71 Å². The summed E-state index contributed by atoms with van der Waals surface area (Å²) in [5, 5.41) is 20.4. The number of hydrogen-bond donors (Lipinski definition) is 2. The van der Waals surface area contributed by atoms with Gasteiger partial charge in [-0.3, -0.25) is 14.5 Å². The van der Waals surface area contributed by atoms with Gasteiger partial charge in [0.2, 0.25) is 0 Å². The number of amides is 2. The highest BCUT2D eigenvalue weighted by molar-refractivity contribution is 8.00. The number of hydrogen-bond acceptors (Lipinski definition) is 11. The van der Waals surface area contributed by atoms with Gasteiger partial charge in [0.15, 0.2) is 23.6 Å². The van der Waals surface area contributed by atoms with Gasteiger partial charge in [-0.05, 0) is 12.1 Å². The number of rotatable bonds is 7. The van der Waals surface area contributed by atoms with Crippen LogP contribution in [0.5, 0.6) is 0 Å². The number of carbonyl (C=O) groups is 3. The highest BCUT2D eigenvalue weighted by Gasteiger charge is 2.53. The van der Waals surface area contributed by atoms with Gasteiger partial charge in [0.05, 0.1) is 23.3 Å². The fourth-order valence-corrected chi connectivity index (χ4v) is 5.90. The molecule has 0 aliphatic carbocycles. The number of oxime groups is 1. The number of carbonyl (C=O) groups excluding carboxylic acids is 3. The van der Waals surface area contributed by atoms with Crippen molar-refractivity contribution >= 4 is 62.8 Å². The molecule has 1 fully saturated rings. The Morgan fingerprint density at radius 2 is 2.29 bits per heavy atom. The largest absolute Gasteiger partial charge is 0.543 e. The molecular weight excluding hydrogens is 496 g/mol. The van der Waals surface area contributed by atoms with E-state index in [1.54, 1.807) is 23.1 Å². The Kier molecular flexibility index (Phi) is 5.90. The quantitative estimate of drug-likeness (QED) is 0.178. The molecule has 5 rings (SSSR count). The van der Waals surface area contributed by atoms with Crippen LogP contribution in [0.15, 0.2) is 56.9 Å². The summed E-state index contributed by atoms with van der Waals surface area (Å²) >= 11 is 2.46. The van der Waals surface area contributed by atoms with Crippen LogP contribution in [0.3, 0.4) is 0 Å². The molecule has 1 unspecified atom stereocenters. The van der Waals surface area contributed by atoms with Gasteiger partial charge in [0, 0.05) is 22.8 Å².